The summed E-state index contributed by atoms with van der Waals surface area (Å²) in [4.78, 5) is 44.4. The topological polar surface area (TPSA) is 307 Å². The Hall–Kier alpha value is -7.11. The highest BCUT2D eigenvalue weighted by atomic mass is 35.5. The zero-order chi connectivity index (χ0) is 50.1. The molecule has 23 heteroatoms. The number of anilines is 2. The van der Waals surface area contributed by atoms with Crippen LogP contribution in [-0.2, 0) is 45.0 Å². The molecule has 70 heavy (non-hydrogen) atoms. The van der Waals surface area contributed by atoms with Gasteiger partial charge >= 0.3 is 5.97 Å². The van der Waals surface area contributed by atoms with Crippen molar-refractivity contribution < 1.29 is 54.5 Å². The van der Waals surface area contributed by atoms with Crippen LogP contribution in [0.3, 0.4) is 0 Å². The summed E-state index contributed by atoms with van der Waals surface area (Å²) < 4.78 is 91.3. The van der Waals surface area contributed by atoms with E-state index in [2.05, 4.69) is 20.8 Å². The zero-order valence-corrected chi connectivity index (χ0v) is 40.0. The van der Waals surface area contributed by atoms with Crippen molar-refractivity contribution in [2.75, 3.05) is 31.7 Å². The first-order valence-corrected chi connectivity index (χ1v) is 25.1. The maximum Gasteiger partial charge on any atom is 0.315 e. The van der Waals surface area contributed by atoms with Crippen LogP contribution in [0.4, 0.5) is 11.4 Å². The van der Waals surface area contributed by atoms with E-state index in [1.807, 2.05) is 41.8 Å². The SMILES string of the molecule is COc1ccc2c(c1)C(c1ccc(Cl)cc1)=N[C@@H](CC(=O)NCCCCCNC(=O)C1=CC3(C)C(C=C1)C(=O)OC31c3ccc(N)c(S(=O)(=O)O)c3Oc3c1ccc(N)c3S(=O)(=O)O)c1nnc(C)n1-2. The molecule has 3 atom stereocenters. The van der Waals surface area contributed by atoms with Crippen molar-refractivity contribution in [3.05, 3.63) is 129 Å². The molecule has 2 unspecified atom stereocenters. The quantitative estimate of drug-likeness (QED) is 0.0377. The molecule has 4 heterocycles. The number of fused-ring (bicyclic) bond motifs is 9. The number of ether oxygens (including phenoxy) is 3. The minimum Gasteiger partial charge on any atom is -0.497 e. The van der Waals surface area contributed by atoms with Gasteiger partial charge in [0.2, 0.25) is 5.91 Å². The first-order chi connectivity index (χ1) is 33.2. The van der Waals surface area contributed by atoms with Gasteiger partial charge in [-0.3, -0.25) is 33.0 Å². The minimum absolute atomic E-state index is 0.0214. The lowest BCUT2D eigenvalue weighted by atomic mass is 9.59. The molecule has 2 amide bonds. The number of aliphatic imine (C=N–C) groups is 1. The van der Waals surface area contributed by atoms with E-state index in [4.69, 9.17) is 42.3 Å². The fourth-order valence-electron chi connectivity index (χ4n) is 9.74. The Morgan fingerprint density at radius 2 is 1.51 bits per heavy atom. The predicted molar refractivity (Wildman–Crippen MR) is 254 cm³/mol. The average Bonchev–Trinajstić information content (AvgIpc) is 3.74. The summed E-state index contributed by atoms with van der Waals surface area (Å²) in [5.74, 6) is -2.37. The number of halogens is 1. The van der Waals surface area contributed by atoms with E-state index >= 15 is 0 Å². The summed E-state index contributed by atoms with van der Waals surface area (Å²) in [6.45, 7) is 3.94. The lowest BCUT2D eigenvalue weighted by Crippen LogP contribution is -2.46. The minimum atomic E-state index is -5.19. The van der Waals surface area contributed by atoms with E-state index in [-0.39, 0.29) is 35.6 Å². The fraction of sp³-hybridized carbons (Fsp3) is 0.277. The number of methoxy groups -OCH3 is 1. The van der Waals surface area contributed by atoms with Gasteiger partial charge in [0.05, 0.1) is 47.6 Å². The summed E-state index contributed by atoms with van der Waals surface area (Å²) in [6.07, 6.45) is 6.04. The van der Waals surface area contributed by atoms with Crippen molar-refractivity contribution in [3.8, 4) is 22.9 Å². The van der Waals surface area contributed by atoms with Gasteiger partial charge in [0.1, 0.15) is 17.6 Å². The number of carbonyl (C=O) groups excluding carboxylic acids is 3. The van der Waals surface area contributed by atoms with Gasteiger partial charge in [-0.25, -0.2) is 0 Å². The first kappa shape index (κ1) is 47.9. The second-order valence-corrected chi connectivity index (χ2v) is 20.4. The molecular weight excluding hydrogens is 968 g/mol. The second kappa shape index (κ2) is 17.7. The number of unbranched alkanes of at least 4 members (excludes halogenated alkanes) is 2. The van der Waals surface area contributed by atoms with E-state index in [1.54, 1.807) is 26.2 Å². The summed E-state index contributed by atoms with van der Waals surface area (Å²) in [5, 5.41) is 15.2. The van der Waals surface area contributed by atoms with E-state index in [0.29, 0.717) is 53.9 Å². The van der Waals surface area contributed by atoms with E-state index in [9.17, 15) is 40.3 Å². The molecule has 4 aliphatic rings. The smallest absolute Gasteiger partial charge is 0.315 e. The van der Waals surface area contributed by atoms with Gasteiger partial charge in [-0.05, 0) is 80.8 Å². The van der Waals surface area contributed by atoms with Crippen molar-refractivity contribution in [1.29, 1.82) is 0 Å². The number of rotatable bonds is 13. The third kappa shape index (κ3) is 8.03. The highest BCUT2D eigenvalue weighted by molar-refractivity contribution is 7.86. The molecule has 0 radical (unpaired) electrons. The summed E-state index contributed by atoms with van der Waals surface area (Å²) in [5.41, 5.74) is 10.0. The average molecular weight is 1010 g/mol. The van der Waals surface area contributed by atoms with Gasteiger partial charge < -0.3 is 36.3 Å². The van der Waals surface area contributed by atoms with Crippen LogP contribution in [0, 0.1) is 18.3 Å². The number of nitrogen functional groups attached to an aromatic ring is 2. The molecule has 20 nitrogen and oxygen atoms in total. The van der Waals surface area contributed by atoms with Crippen molar-refractivity contribution >= 4 is 66.7 Å². The second-order valence-electron chi connectivity index (χ2n) is 17.3. The van der Waals surface area contributed by atoms with Crippen molar-refractivity contribution in [3.63, 3.8) is 0 Å². The molecule has 1 aromatic heterocycles. The lowest BCUT2D eigenvalue weighted by molar-refractivity contribution is -0.149. The molecule has 1 saturated heterocycles. The number of hydrogen-bond donors (Lipinski definition) is 6. The largest absolute Gasteiger partial charge is 0.497 e. The molecule has 1 aliphatic carbocycles. The van der Waals surface area contributed by atoms with Crippen LogP contribution >= 0.6 is 11.6 Å². The molecule has 4 aromatic carbocycles. The molecule has 0 saturated carbocycles. The van der Waals surface area contributed by atoms with Gasteiger partial charge in [-0.15, -0.1) is 10.2 Å². The van der Waals surface area contributed by atoms with Crippen LogP contribution in [0.5, 0.6) is 17.2 Å². The van der Waals surface area contributed by atoms with Gasteiger partial charge in [0, 0.05) is 45.9 Å². The van der Waals surface area contributed by atoms with Crippen LogP contribution in [0.1, 0.15) is 72.6 Å². The third-order valence-electron chi connectivity index (χ3n) is 13.0. The summed E-state index contributed by atoms with van der Waals surface area (Å²) >= 11 is 6.23. The summed E-state index contributed by atoms with van der Waals surface area (Å²) in [6, 6.07) is 17.1. The first-order valence-electron chi connectivity index (χ1n) is 21.8. The number of benzene rings is 4. The normalized spacial score (nSPS) is 19.5. The van der Waals surface area contributed by atoms with Crippen molar-refractivity contribution in [2.24, 2.45) is 16.3 Å². The molecular formula is C47H45ClN8O12S2. The Morgan fingerprint density at radius 3 is 2.13 bits per heavy atom. The maximum absolute atomic E-state index is 13.8. The monoisotopic (exact) mass is 1010 g/mol. The molecule has 8 N–H and O–H groups in total. The van der Waals surface area contributed by atoms with Crippen molar-refractivity contribution in [2.45, 2.75) is 61.0 Å². The zero-order valence-electron chi connectivity index (χ0n) is 37.6. The van der Waals surface area contributed by atoms with Crippen LogP contribution < -0.4 is 31.6 Å². The standard InChI is InChI=1S/C47H45ClN8O12S2/c1-24-54-55-43-35(53-38(25-7-10-27(48)11-8-25)29-21-28(66-3)12-18-36(29)56(24)43)22-37(57)51-19-5-4-6-20-52-44(58)26-9-13-32-45(59)68-47(46(32,2)23-26)30-14-16-33(49)41(69(60,61)62)39(30)67-40-31(47)15-17-34(50)42(40)70(63,64)65/h7-18,21,23,32,35H,4-6,19-20,22,49-50H2,1-3H3,(H,51,57)(H,52,58)(H,60,61,62)(H,63,64,65)/t32?,35-,46?/m0/s1. The number of amides is 2. The number of carbonyl (C=O) groups is 3. The maximum atomic E-state index is 13.8. The molecule has 0 bridgehead atoms. The Bertz CT molecular complexity index is 3290. The Labute approximate surface area is 406 Å². The van der Waals surface area contributed by atoms with E-state index in [0.717, 1.165) is 28.9 Å². The summed E-state index contributed by atoms with van der Waals surface area (Å²) in [7, 11) is -8.81. The van der Waals surface area contributed by atoms with E-state index in [1.165, 1.54) is 30.4 Å². The molecule has 3 aliphatic heterocycles. The Kier molecular flexibility index (Phi) is 12.1. The number of nitrogens with two attached hydrogens (primary N) is 2. The van der Waals surface area contributed by atoms with Gasteiger partial charge in [-0.2, -0.15) is 16.8 Å². The number of nitrogens with zero attached hydrogens (tertiary/aromatic N) is 4. The fourth-order valence-corrected chi connectivity index (χ4v) is 11.4. The van der Waals surface area contributed by atoms with Crippen molar-refractivity contribution in [1.82, 2.24) is 25.4 Å². The highest BCUT2D eigenvalue weighted by Crippen LogP contribution is 2.67. The predicted octanol–water partition coefficient (Wildman–Crippen LogP) is 5.31. The van der Waals surface area contributed by atoms with Gasteiger partial charge in [0.25, 0.3) is 26.1 Å². The Balaban J connectivity index is 0.889. The molecule has 5 aromatic rings. The van der Waals surface area contributed by atoms with Gasteiger partial charge in [-0.1, -0.05) is 48.9 Å². The molecule has 364 valence electrons. The number of esters is 1. The molecule has 9 rings (SSSR count). The van der Waals surface area contributed by atoms with E-state index < -0.39 is 87.8 Å². The number of aromatic nitrogens is 3. The Morgan fingerprint density at radius 1 is 0.886 bits per heavy atom. The third-order valence-corrected chi connectivity index (χ3v) is 15.1. The van der Waals surface area contributed by atoms with Crippen LogP contribution in [0.2, 0.25) is 5.02 Å². The lowest BCUT2D eigenvalue weighted by Gasteiger charge is -2.46. The number of hydrogen-bond acceptors (Lipinski definition) is 15. The number of nitrogens with one attached hydrogen (secondary N) is 2. The highest BCUT2D eigenvalue weighted by Gasteiger charge is 2.68. The van der Waals surface area contributed by atoms with Crippen LogP contribution in [-0.4, -0.2) is 84.4 Å². The molecule has 1 fully saturated rings. The number of aryl methyl sites for hydroxylation is 1. The van der Waals surface area contributed by atoms with Crippen LogP contribution in [0.25, 0.3) is 5.69 Å². The van der Waals surface area contributed by atoms with Crippen LogP contribution in [0.15, 0.2) is 105 Å². The van der Waals surface area contributed by atoms with Gasteiger partial charge in [0.15, 0.2) is 32.7 Å². The molecule has 1 spiro atoms.